The molecule has 2 unspecified atom stereocenters. The van der Waals surface area contributed by atoms with Crippen LogP contribution in [-0.4, -0.2) is 65.6 Å². The molecule has 16 nitrogen and oxygen atoms in total. The van der Waals surface area contributed by atoms with Crippen molar-refractivity contribution >= 4 is 42.8 Å². The number of carbonyl (C=O) groups is 1. The van der Waals surface area contributed by atoms with Crippen LogP contribution in [0.25, 0.3) is 0 Å². The predicted octanol–water partition coefficient (Wildman–Crippen LogP) is 3.81. The highest BCUT2D eigenvalue weighted by Gasteiger charge is 2.43. The number of amides is 1. The Morgan fingerprint density at radius 3 is 2.43 bits per heavy atom. The average molecular weight is 638 g/mol. The summed E-state index contributed by atoms with van der Waals surface area (Å²) in [6.45, 7) is 3.96. The largest absolute Gasteiger partial charge is 0.493 e. The van der Waals surface area contributed by atoms with Crippen molar-refractivity contribution in [2.75, 3.05) is 43.6 Å². The van der Waals surface area contributed by atoms with Gasteiger partial charge in [-0.15, -0.1) is 0 Å². The lowest BCUT2D eigenvalue weighted by Gasteiger charge is -2.37. The number of hydrogen-bond donors (Lipinski definition) is 4. The van der Waals surface area contributed by atoms with Crippen LogP contribution in [0.4, 0.5) is 33.5 Å². The molecule has 18 heteroatoms. The monoisotopic (exact) mass is 637 g/mol. The van der Waals surface area contributed by atoms with Crippen LogP contribution in [-0.2, 0) is 18.4 Å². The average Bonchev–Trinajstić information content (AvgIpc) is 2.98. The highest BCUT2D eigenvalue weighted by atomic mass is 31.2. The van der Waals surface area contributed by atoms with Crippen molar-refractivity contribution in [2.45, 2.75) is 39.0 Å². The predicted molar refractivity (Wildman–Crippen MR) is 156 cm³/mol. The number of aromatic nitrogens is 3. The summed E-state index contributed by atoms with van der Waals surface area (Å²) >= 11 is 0. The van der Waals surface area contributed by atoms with Crippen molar-refractivity contribution in [3.8, 4) is 23.0 Å². The number of benzene rings is 1. The van der Waals surface area contributed by atoms with Crippen LogP contribution in [0.3, 0.4) is 0 Å². The van der Waals surface area contributed by atoms with Crippen LogP contribution in [0.5, 0.6) is 23.0 Å². The number of halogens is 1. The van der Waals surface area contributed by atoms with Crippen molar-refractivity contribution in [2.24, 2.45) is 5.73 Å². The van der Waals surface area contributed by atoms with Gasteiger partial charge in [-0.05, 0) is 32.4 Å². The summed E-state index contributed by atoms with van der Waals surface area (Å²) in [5, 5.41) is 5.70. The normalized spacial score (nSPS) is 15.8. The maximum absolute atomic E-state index is 14.8. The Kier molecular flexibility index (Phi) is 9.75. The molecule has 0 saturated heterocycles. The number of rotatable bonds is 13. The summed E-state index contributed by atoms with van der Waals surface area (Å²) < 4.78 is 58.9. The number of nitrogens with zero attached hydrogens (tertiary/aromatic N) is 4. The third-order valence-electron chi connectivity index (χ3n) is 6.15. The van der Waals surface area contributed by atoms with Crippen LogP contribution < -0.4 is 40.2 Å². The lowest BCUT2D eigenvalue weighted by Crippen LogP contribution is -2.53. The van der Waals surface area contributed by atoms with Crippen molar-refractivity contribution in [1.29, 1.82) is 0 Å². The maximum atomic E-state index is 14.8. The first-order chi connectivity index (χ1) is 20.8. The second-order valence-electron chi connectivity index (χ2n) is 9.70. The van der Waals surface area contributed by atoms with E-state index in [4.69, 9.17) is 33.7 Å². The van der Waals surface area contributed by atoms with E-state index in [1.807, 2.05) is 0 Å². The molecule has 1 amide bonds. The molecule has 0 radical (unpaired) electrons. The van der Waals surface area contributed by atoms with E-state index < -0.39 is 38.1 Å². The van der Waals surface area contributed by atoms with Gasteiger partial charge in [-0.1, -0.05) is 6.92 Å². The second-order valence-corrected chi connectivity index (χ2v) is 11.1. The molecule has 4 rings (SSSR count). The number of pyridine rings is 1. The van der Waals surface area contributed by atoms with Crippen LogP contribution in [0, 0.1) is 5.82 Å². The molecule has 1 aliphatic heterocycles. The van der Waals surface area contributed by atoms with Crippen molar-refractivity contribution in [1.82, 2.24) is 15.0 Å². The number of nitrogens with one attached hydrogen (secondary N) is 2. The number of fused-ring (bicyclic) bond motifs is 1. The first-order valence-corrected chi connectivity index (χ1v) is 14.6. The third-order valence-corrected chi connectivity index (χ3v) is 7.13. The zero-order chi connectivity index (χ0) is 32.2. The van der Waals surface area contributed by atoms with E-state index in [9.17, 15) is 18.6 Å². The Morgan fingerprint density at radius 2 is 1.82 bits per heavy atom. The summed E-state index contributed by atoms with van der Waals surface area (Å²) in [6.07, 6.45) is 0.138. The van der Waals surface area contributed by atoms with Crippen LogP contribution in [0.2, 0.25) is 0 Å². The molecule has 2 aromatic heterocycles. The van der Waals surface area contributed by atoms with Crippen molar-refractivity contribution < 1.29 is 46.6 Å². The van der Waals surface area contributed by atoms with Gasteiger partial charge in [-0.2, -0.15) is 4.98 Å². The summed E-state index contributed by atoms with van der Waals surface area (Å²) in [4.78, 5) is 36.8. The molecule has 0 bridgehead atoms. The number of carbonyl (C=O) groups excluding carboxylic acids is 1. The SMILES string of the molecule is CCC(N)OP(=O)(O)OCN1C(=O)C(C)(C)Oc2ccc(Nc3nc(Nc4cc(OC)c(OC)c(OC)c4)ncc3F)nc21. The summed E-state index contributed by atoms with van der Waals surface area (Å²) in [7, 11) is -0.228. The zero-order valence-corrected chi connectivity index (χ0v) is 25.7. The van der Waals surface area contributed by atoms with Crippen LogP contribution in [0.15, 0.2) is 30.5 Å². The van der Waals surface area contributed by atoms with E-state index in [0.29, 0.717) is 22.9 Å². The topological polar surface area (TPSA) is 202 Å². The minimum Gasteiger partial charge on any atom is -0.493 e. The summed E-state index contributed by atoms with van der Waals surface area (Å²) in [6, 6.07) is 6.20. The Labute approximate surface area is 252 Å². The van der Waals surface area contributed by atoms with Crippen LogP contribution in [0.1, 0.15) is 27.2 Å². The molecular weight excluding hydrogens is 604 g/mol. The van der Waals surface area contributed by atoms with E-state index in [0.717, 1.165) is 11.1 Å². The smallest absolute Gasteiger partial charge is 0.475 e. The second kappa shape index (κ2) is 13.2. The molecular formula is C26H33FN7O9P. The molecule has 1 aromatic carbocycles. The molecule has 0 aliphatic carbocycles. The highest BCUT2D eigenvalue weighted by molar-refractivity contribution is 7.47. The fourth-order valence-corrected chi connectivity index (χ4v) is 4.78. The lowest BCUT2D eigenvalue weighted by molar-refractivity contribution is -0.133. The van der Waals surface area contributed by atoms with Crippen molar-refractivity contribution in [3.05, 3.63) is 36.3 Å². The van der Waals surface area contributed by atoms with Gasteiger partial charge in [0.1, 0.15) is 18.8 Å². The Hall–Kier alpha value is -4.28. The standard InChI is InChI=1S/C26H33FN7O9P/c1-7-19(28)43-44(36,37)41-13-34-23-16(42-26(2,3)24(34)35)8-9-20(32-23)31-22-15(27)12-29-25(33-22)30-14-10-17(38-4)21(40-6)18(11-14)39-5/h8-12,19H,7,13,28H2,1-6H3,(H,36,37)(H2,29,30,31,32,33). The van der Waals surface area contributed by atoms with Gasteiger partial charge in [0.05, 0.1) is 27.5 Å². The van der Waals surface area contributed by atoms with Gasteiger partial charge in [0.15, 0.2) is 40.3 Å². The van der Waals surface area contributed by atoms with Gasteiger partial charge in [0, 0.05) is 17.8 Å². The minimum atomic E-state index is -4.63. The number of methoxy groups -OCH3 is 3. The quantitative estimate of drug-likeness (QED) is 0.155. The van der Waals surface area contributed by atoms with Gasteiger partial charge in [-0.3, -0.25) is 18.7 Å². The molecule has 5 N–H and O–H groups in total. The Morgan fingerprint density at radius 1 is 1.14 bits per heavy atom. The van der Waals surface area contributed by atoms with E-state index in [2.05, 4.69) is 25.6 Å². The fourth-order valence-electron chi connectivity index (χ4n) is 3.96. The number of nitrogens with two attached hydrogens (primary N) is 1. The maximum Gasteiger partial charge on any atom is 0.475 e. The molecule has 0 fully saturated rings. The molecule has 3 heterocycles. The van der Waals surface area contributed by atoms with E-state index in [1.54, 1.807) is 19.1 Å². The third kappa shape index (κ3) is 7.26. The fraction of sp³-hybridized carbons (Fsp3) is 0.385. The van der Waals surface area contributed by atoms with Gasteiger partial charge in [0.2, 0.25) is 11.7 Å². The van der Waals surface area contributed by atoms with Crippen LogP contribution >= 0.6 is 7.82 Å². The van der Waals surface area contributed by atoms with Gasteiger partial charge >= 0.3 is 7.82 Å². The molecule has 2 atom stereocenters. The minimum absolute atomic E-state index is 0.0143. The van der Waals surface area contributed by atoms with Gasteiger partial charge in [-0.25, -0.2) is 18.9 Å². The molecule has 1 aliphatic rings. The summed E-state index contributed by atoms with van der Waals surface area (Å²) in [5.74, 6) is -0.393. The number of ether oxygens (including phenoxy) is 4. The number of phosphoric acid groups is 1. The van der Waals surface area contributed by atoms with E-state index in [-0.39, 0.29) is 35.6 Å². The molecule has 238 valence electrons. The molecule has 0 spiro atoms. The number of anilines is 5. The first kappa shape index (κ1) is 32.6. The summed E-state index contributed by atoms with van der Waals surface area (Å²) in [5.41, 5.74) is 4.69. The molecule has 44 heavy (non-hydrogen) atoms. The van der Waals surface area contributed by atoms with E-state index in [1.165, 1.54) is 47.3 Å². The lowest BCUT2D eigenvalue weighted by atomic mass is 10.1. The van der Waals surface area contributed by atoms with Gasteiger partial charge < -0.3 is 40.2 Å². The highest BCUT2D eigenvalue weighted by Crippen LogP contribution is 2.46. The first-order valence-electron chi connectivity index (χ1n) is 13.1. The molecule has 3 aromatic rings. The van der Waals surface area contributed by atoms with Gasteiger partial charge in [0.25, 0.3) is 5.91 Å². The Bertz CT molecular complexity index is 1550. The zero-order valence-electron chi connectivity index (χ0n) is 24.8. The number of hydrogen-bond acceptors (Lipinski definition) is 14. The van der Waals surface area contributed by atoms with Crippen molar-refractivity contribution in [3.63, 3.8) is 0 Å². The van der Waals surface area contributed by atoms with E-state index >= 15 is 0 Å². The molecule has 0 saturated carbocycles. The Balaban J connectivity index is 1.60. The number of phosphoric ester groups is 1.